The highest BCUT2D eigenvalue weighted by atomic mass is 19.1. The van der Waals surface area contributed by atoms with E-state index in [1.807, 2.05) is 35.0 Å². The van der Waals surface area contributed by atoms with Gasteiger partial charge < -0.3 is 24.3 Å². The van der Waals surface area contributed by atoms with Gasteiger partial charge in [-0.15, -0.1) is 0 Å². The molecule has 0 spiro atoms. The van der Waals surface area contributed by atoms with E-state index in [4.69, 9.17) is 9.47 Å². The molecule has 48 heavy (non-hydrogen) atoms. The lowest BCUT2D eigenvalue weighted by Gasteiger charge is -2.10. The predicted molar refractivity (Wildman–Crippen MR) is 176 cm³/mol. The quantitative estimate of drug-likeness (QED) is 0.149. The highest BCUT2D eigenvalue weighted by molar-refractivity contribution is 6.01. The van der Waals surface area contributed by atoms with E-state index in [1.54, 1.807) is 24.4 Å². The maximum absolute atomic E-state index is 15.0. The number of amides is 3. The van der Waals surface area contributed by atoms with Crippen molar-refractivity contribution in [1.29, 1.82) is 0 Å². The minimum absolute atomic E-state index is 0.0961. The van der Waals surface area contributed by atoms with Crippen molar-refractivity contribution in [2.75, 3.05) is 11.9 Å². The molecule has 0 saturated carbocycles. The zero-order chi connectivity index (χ0) is 33.5. The van der Waals surface area contributed by atoms with Gasteiger partial charge in [0.05, 0.1) is 23.2 Å². The SMILES string of the molecule is C=Cc1nccn1-c1cccc(OCC#Cc2cc3c(Oc4ccc(NC(=O)NC(=O)Cc5ccc(F)cc5)cc4F)ccnc3[nH]2)c1. The van der Waals surface area contributed by atoms with Crippen molar-refractivity contribution in [2.24, 2.45) is 0 Å². The molecule has 10 nitrogen and oxygen atoms in total. The fraction of sp³-hybridized carbons (Fsp3) is 0.0556. The third-order valence-electron chi connectivity index (χ3n) is 6.91. The number of fused-ring (bicyclic) bond motifs is 1. The minimum Gasteiger partial charge on any atom is -0.481 e. The number of carbonyl (C=O) groups is 2. The molecule has 12 heteroatoms. The number of imide groups is 1. The number of anilines is 1. The summed E-state index contributed by atoms with van der Waals surface area (Å²) in [5, 5.41) is 5.14. The number of hydrogen-bond donors (Lipinski definition) is 3. The number of H-pyrrole nitrogens is 1. The average Bonchev–Trinajstić information content (AvgIpc) is 3.73. The van der Waals surface area contributed by atoms with Crippen LogP contribution in [0.5, 0.6) is 17.2 Å². The lowest BCUT2D eigenvalue weighted by atomic mass is 10.1. The number of rotatable bonds is 9. The molecule has 3 aromatic carbocycles. The lowest BCUT2D eigenvalue weighted by Crippen LogP contribution is -2.35. The highest BCUT2D eigenvalue weighted by Gasteiger charge is 2.14. The van der Waals surface area contributed by atoms with Crippen LogP contribution in [-0.4, -0.2) is 38.1 Å². The number of carbonyl (C=O) groups excluding carboxylic acids is 2. The van der Waals surface area contributed by atoms with Crippen LogP contribution in [0.25, 0.3) is 22.8 Å². The Bertz CT molecular complexity index is 2200. The molecule has 0 fully saturated rings. The Morgan fingerprint density at radius 3 is 2.65 bits per heavy atom. The number of urea groups is 1. The summed E-state index contributed by atoms with van der Waals surface area (Å²) >= 11 is 0. The van der Waals surface area contributed by atoms with Crippen molar-refractivity contribution in [3.8, 4) is 34.8 Å². The number of aromatic nitrogens is 4. The second-order valence-corrected chi connectivity index (χ2v) is 10.3. The lowest BCUT2D eigenvalue weighted by molar-refractivity contribution is -0.119. The van der Waals surface area contributed by atoms with E-state index < -0.39 is 23.6 Å². The highest BCUT2D eigenvalue weighted by Crippen LogP contribution is 2.32. The average molecular weight is 645 g/mol. The fourth-order valence-electron chi connectivity index (χ4n) is 4.72. The molecule has 3 aromatic heterocycles. The number of imidazole rings is 1. The van der Waals surface area contributed by atoms with E-state index in [9.17, 15) is 18.4 Å². The monoisotopic (exact) mass is 644 g/mol. The van der Waals surface area contributed by atoms with Gasteiger partial charge in [0.25, 0.3) is 0 Å². The molecule has 6 aromatic rings. The summed E-state index contributed by atoms with van der Waals surface area (Å²) in [5.41, 5.74) is 2.55. The van der Waals surface area contributed by atoms with Crippen LogP contribution in [0, 0.1) is 23.5 Å². The van der Waals surface area contributed by atoms with Gasteiger partial charge in [-0.2, -0.15) is 0 Å². The predicted octanol–water partition coefficient (Wildman–Crippen LogP) is 6.78. The summed E-state index contributed by atoms with van der Waals surface area (Å²) in [6.45, 7) is 3.91. The second kappa shape index (κ2) is 14.1. The van der Waals surface area contributed by atoms with Crippen molar-refractivity contribution in [1.82, 2.24) is 24.8 Å². The molecule has 0 aliphatic rings. The Kier molecular flexibility index (Phi) is 9.20. The molecule has 0 aliphatic carbocycles. The molecule has 0 aliphatic heterocycles. The van der Waals surface area contributed by atoms with Crippen LogP contribution in [0.2, 0.25) is 0 Å². The number of pyridine rings is 1. The summed E-state index contributed by atoms with van der Waals surface area (Å²) in [6, 6.07) is 19.2. The van der Waals surface area contributed by atoms with Crippen LogP contribution in [0.15, 0.2) is 104 Å². The van der Waals surface area contributed by atoms with Crippen LogP contribution in [-0.2, 0) is 11.2 Å². The standard InChI is InChI=1S/C36H26F2N6O4/c1-2-33-39-16-17-44(33)27-6-3-7-28(22-27)47-18-4-5-25-20-29-31(14-15-40-35(29)41-25)48-32-13-12-26(21-30(32)38)42-36(46)43-34(45)19-23-8-10-24(37)11-9-23/h2-3,6-17,20-22H,1,18-19H2,(H,40,41)(H2,42,43,45,46). The third-order valence-corrected chi connectivity index (χ3v) is 6.91. The molecule has 3 N–H and O–H groups in total. The second-order valence-electron chi connectivity index (χ2n) is 10.3. The first-order valence-electron chi connectivity index (χ1n) is 14.5. The van der Waals surface area contributed by atoms with Crippen LogP contribution in [0.1, 0.15) is 17.1 Å². The van der Waals surface area contributed by atoms with Crippen molar-refractivity contribution in [3.05, 3.63) is 133 Å². The topological polar surface area (TPSA) is 123 Å². The Morgan fingerprint density at radius 2 is 1.83 bits per heavy atom. The van der Waals surface area contributed by atoms with Crippen LogP contribution in [0.4, 0.5) is 19.3 Å². The molecule has 6 rings (SSSR count). The first kappa shape index (κ1) is 31.3. The largest absolute Gasteiger partial charge is 0.481 e. The van der Waals surface area contributed by atoms with E-state index in [2.05, 4.69) is 44.0 Å². The van der Waals surface area contributed by atoms with Gasteiger partial charge in [0.2, 0.25) is 5.91 Å². The van der Waals surface area contributed by atoms with Crippen molar-refractivity contribution in [2.45, 2.75) is 6.42 Å². The molecule has 0 bridgehead atoms. The number of nitrogens with zero attached hydrogens (tertiary/aromatic N) is 3. The molecular formula is C36H26F2N6O4. The number of ether oxygens (including phenoxy) is 2. The summed E-state index contributed by atoms with van der Waals surface area (Å²) in [5.74, 6) is 5.78. The minimum atomic E-state index is -0.845. The van der Waals surface area contributed by atoms with Gasteiger partial charge >= 0.3 is 6.03 Å². The molecule has 0 saturated heterocycles. The number of nitrogens with one attached hydrogen (secondary N) is 3. The van der Waals surface area contributed by atoms with Gasteiger partial charge in [-0.1, -0.05) is 30.7 Å². The number of benzene rings is 3. The first-order valence-corrected chi connectivity index (χ1v) is 14.5. The van der Waals surface area contributed by atoms with E-state index in [-0.39, 0.29) is 24.5 Å². The molecule has 3 amide bonds. The maximum atomic E-state index is 15.0. The first-order chi connectivity index (χ1) is 23.3. The van der Waals surface area contributed by atoms with Gasteiger partial charge in [-0.05, 0) is 66.1 Å². The van der Waals surface area contributed by atoms with Crippen LogP contribution >= 0.6 is 0 Å². The number of aromatic amines is 1. The Morgan fingerprint density at radius 1 is 0.979 bits per heavy atom. The van der Waals surface area contributed by atoms with Gasteiger partial charge in [-0.25, -0.2) is 23.5 Å². The smallest absolute Gasteiger partial charge is 0.325 e. The molecule has 238 valence electrons. The van der Waals surface area contributed by atoms with Crippen molar-refractivity contribution >= 4 is 34.7 Å². The Balaban J connectivity index is 1.06. The van der Waals surface area contributed by atoms with Gasteiger partial charge in [0.15, 0.2) is 11.6 Å². The fourth-order valence-corrected chi connectivity index (χ4v) is 4.72. The van der Waals surface area contributed by atoms with Gasteiger partial charge in [0.1, 0.15) is 35.4 Å². The van der Waals surface area contributed by atoms with Crippen molar-refractivity contribution in [3.63, 3.8) is 0 Å². The zero-order valence-corrected chi connectivity index (χ0v) is 25.2. The van der Waals surface area contributed by atoms with Gasteiger partial charge in [-0.3, -0.25) is 10.1 Å². The summed E-state index contributed by atoms with van der Waals surface area (Å²) in [4.78, 5) is 36.1. The molecule has 0 atom stereocenters. The van der Waals surface area contributed by atoms with E-state index in [0.29, 0.717) is 33.8 Å². The normalized spacial score (nSPS) is 10.5. The molecular weight excluding hydrogens is 618 g/mol. The summed E-state index contributed by atoms with van der Waals surface area (Å²) in [7, 11) is 0. The number of halogens is 2. The number of hydrogen-bond acceptors (Lipinski definition) is 6. The maximum Gasteiger partial charge on any atom is 0.325 e. The Hall–Kier alpha value is -6.74. The zero-order valence-electron chi connectivity index (χ0n) is 25.2. The van der Waals surface area contributed by atoms with Crippen LogP contribution < -0.4 is 20.1 Å². The third kappa shape index (κ3) is 7.55. The Labute approximate surface area is 273 Å². The van der Waals surface area contributed by atoms with Crippen molar-refractivity contribution < 1.29 is 27.8 Å². The van der Waals surface area contributed by atoms with Crippen LogP contribution in [0.3, 0.4) is 0 Å². The van der Waals surface area contributed by atoms with E-state index >= 15 is 0 Å². The molecule has 3 heterocycles. The summed E-state index contributed by atoms with van der Waals surface area (Å²) < 4.78 is 41.6. The summed E-state index contributed by atoms with van der Waals surface area (Å²) in [6.07, 6.45) is 6.59. The molecule has 0 unspecified atom stereocenters. The van der Waals surface area contributed by atoms with Gasteiger partial charge in [0, 0.05) is 36.4 Å². The van der Waals surface area contributed by atoms with E-state index in [1.165, 1.54) is 42.6 Å². The van der Waals surface area contributed by atoms with E-state index in [0.717, 1.165) is 17.6 Å². The molecule has 0 radical (unpaired) electrons.